The Labute approximate surface area is 184 Å². The number of nitriles is 1. The number of benzene rings is 2. The fraction of sp³-hybridized carbons (Fsp3) is 0.435. The number of rotatable bonds is 5. The fourth-order valence-corrected chi connectivity index (χ4v) is 5.55. The molecule has 0 radical (unpaired) electrons. The summed E-state index contributed by atoms with van der Waals surface area (Å²) >= 11 is 0. The van der Waals surface area contributed by atoms with E-state index in [1.54, 1.807) is 37.3 Å². The molecule has 0 bridgehead atoms. The number of likely N-dealkylation sites (N-methyl/N-ethyl adjacent to an activating group) is 1. The lowest BCUT2D eigenvalue weighted by Gasteiger charge is -2.37. The van der Waals surface area contributed by atoms with Crippen LogP contribution in [0.5, 0.6) is 5.75 Å². The molecule has 0 spiro atoms. The molecule has 0 amide bonds. The summed E-state index contributed by atoms with van der Waals surface area (Å²) in [4.78, 5) is 2.11. The lowest BCUT2D eigenvalue weighted by molar-refractivity contribution is 0.0813. The van der Waals surface area contributed by atoms with Crippen molar-refractivity contribution in [3.63, 3.8) is 0 Å². The first kappa shape index (κ1) is 23.2. The average Bonchev–Trinajstić information content (AvgIpc) is 2.75. The number of aliphatic hydroxyl groups excluding tert-OH is 1. The Morgan fingerprint density at radius 2 is 1.87 bits per heavy atom. The molecule has 3 atom stereocenters. The quantitative estimate of drug-likeness (QED) is 0.763. The van der Waals surface area contributed by atoms with E-state index < -0.39 is 16.1 Å². The van der Waals surface area contributed by atoms with Gasteiger partial charge in [-0.3, -0.25) is 0 Å². The number of hydrogen-bond donors (Lipinski definition) is 1. The number of sulfonamides is 1. The highest BCUT2D eigenvalue weighted by atomic mass is 32.2. The van der Waals surface area contributed by atoms with Crippen molar-refractivity contribution in [1.82, 2.24) is 9.21 Å². The molecule has 166 valence electrons. The molecule has 1 aliphatic heterocycles. The van der Waals surface area contributed by atoms with Gasteiger partial charge in [-0.2, -0.15) is 9.57 Å². The second-order valence-electron chi connectivity index (χ2n) is 8.35. The molecule has 31 heavy (non-hydrogen) atoms. The number of aliphatic hydroxyl groups is 1. The first-order valence-electron chi connectivity index (χ1n) is 10.3. The van der Waals surface area contributed by atoms with E-state index in [2.05, 4.69) is 6.07 Å². The summed E-state index contributed by atoms with van der Waals surface area (Å²) < 4.78 is 34.6. The van der Waals surface area contributed by atoms with Crippen LogP contribution in [0.1, 0.15) is 19.4 Å². The molecule has 0 unspecified atom stereocenters. The minimum atomic E-state index is -3.86. The maximum Gasteiger partial charge on any atom is 0.247 e. The Kier molecular flexibility index (Phi) is 7.02. The Balaban J connectivity index is 2.13. The lowest BCUT2D eigenvalue weighted by atomic mass is 10.0. The smallest absolute Gasteiger partial charge is 0.247 e. The van der Waals surface area contributed by atoms with Gasteiger partial charge in [-0.15, -0.1) is 0 Å². The summed E-state index contributed by atoms with van der Waals surface area (Å²) in [5.74, 6) is 0.216. The van der Waals surface area contributed by atoms with Gasteiger partial charge in [0.05, 0.1) is 18.2 Å². The van der Waals surface area contributed by atoms with Crippen LogP contribution in [0.15, 0.2) is 47.4 Å². The molecule has 0 aromatic heterocycles. The van der Waals surface area contributed by atoms with E-state index in [9.17, 15) is 13.5 Å². The van der Waals surface area contributed by atoms with Gasteiger partial charge < -0.3 is 14.7 Å². The summed E-state index contributed by atoms with van der Waals surface area (Å²) in [6, 6.07) is 13.7. The molecule has 0 saturated heterocycles. The highest BCUT2D eigenvalue weighted by molar-refractivity contribution is 7.89. The number of ether oxygens (including phenoxy) is 1. The number of hydrogen-bond acceptors (Lipinski definition) is 6. The highest BCUT2D eigenvalue weighted by Crippen LogP contribution is 2.36. The maximum absolute atomic E-state index is 13.5. The summed E-state index contributed by atoms with van der Waals surface area (Å²) in [5, 5.41) is 18.7. The van der Waals surface area contributed by atoms with Gasteiger partial charge in [0.2, 0.25) is 10.0 Å². The SMILES string of the molecule is C[C@@H]1CN([C@@H](C)CO)S(=O)(=O)c2ccc(-c3ccc(C#N)cc3)cc2O[C@H]1CN(C)C. The monoisotopic (exact) mass is 443 g/mol. The van der Waals surface area contributed by atoms with Gasteiger partial charge in [-0.25, -0.2) is 8.42 Å². The molecular weight excluding hydrogens is 414 g/mol. The molecule has 7 nitrogen and oxygen atoms in total. The van der Waals surface area contributed by atoms with E-state index in [0.29, 0.717) is 17.9 Å². The van der Waals surface area contributed by atoms with Crippen molar-refractivity contribution in [3.8, 4) is 22.9 Å². The molecule has 0 fully saturated rings. The van der Waals surface area contributed by atoms with Crippen molar-refractivity contribution in [2.75, 3.05) is 33.8 Å². The minimum Gasteiger partial charge on any atom is -0.487 e. The van der Waals surface area contributed by atoms with Crippen molar-refractivity contribution in [1.29, 1.82) is 5.26 Å². The van der Waals surface area contributed by atoms with Crippen LogP contribution in [0.4, 0.5) is 0 Å². The van der Waals surface area contributed by atoms with Crippen LogP contribution in [-0.4, -0.2) is 68.7 Å². The molecule has 2 aromatic rings. The molecule has 1 heterocycles. The molecule has 3 rings (SSSR count). The zero-order chi connectivity index (χ0) is 22.8. The van der Waals surface area contributed by atoms with Crippen LogP contribution in [0.25, 0.3) is 11.1 Å². The third-order valence-electron chi connectivity index (χ3n) is 5.56. The van der Waals surface area contributed by atoms with Crippen LogP contribution in [0.2, 0.25) is 0 Å². The summed E-state index contributed by atoms with van der Waals surface area (Å²) in [5.41, 5.74) is 2.22. The van der Waals surface area contributed by atoms with Crippen molar-refractivity contribution >= 4 is 10.0 Å². The summed E-state index contributed by atoms with van der Waals surface area (Å²) in [6.07, 6.45) is -0.228. The topological polar surface area (TPSA) is 93.9 Å². The molecule has 2 aromatic carbocycles. The first-order chi connectivity index (χ1) is 14.7. The zero-order valence-corrected chi connectivity index (χ0v) is 19.1. The minimum absolute atomic E-state index is 0.0853. The third kappa shape index (κ3) is 4.91. The molecule has 0 aliphatic carbocycles. The largest absolute Gasteiger partial charge is 0.487 e. The predicted molar refractivity (Wildman–Crippen MR) is 119 cm³/mol. The maximum atomic E-state index is 13.5. The van der Waals surface area contributed by atoms with Gasteiger partial charge in [0.25, 0.3) is 0 Å². The van der Waals surface area contributed by atoms with Crippen LogP contribution in [-0.2, 0) is 10.0 Å². The lowest BCUT2D eigenvalue weighted by Crippen LogP contribution is -2.49. The molecular formula is C23H29N3O4S. The second-order valence-corrected chi connectivity index (χ2v) is 10.2. The van der Waals surface area contributed by atoms with Crippen LogP contribution in [0, 0.1) is 17.2 Å². The summed E-state index contributed by atoms with van der Waals surface area (Å²) in [7, 11) is 0.0476. The van der Waals surface area contributed by atoms with Crippen LogP contribution < -0.4 is 4.74 Å². The van der Waals surface area contributed by atoms with Crippen molar-refractivity contribution in [3.05, 3.63) is 48.0 Å². The second kappa shape index (κ2) is 9.37. The Morgan fingerprint density at radius 1 is 1.23 bits per heavy atom. The highest BCUT2D eigenvalue weighted by Gasteiger charge is 2.37. The summed E-state index contributed by atoms with van der Waals surface area (Å²) in [6.45, 7) is 4.31. The average molecular weight is 444 g/mol. The van der Waals surface area contributed by atoms with E-state index in [4.69, 9.17) is 10.00 Å². The Morgan fingerprint density at radius 3 is 2.45 bits per heavy atom. The Bertz CT molecular complexity index is 1060. The van der Waals surface area contributed by atoms with Gasteiger partial charge in [0, 0.05) is 25.0 Å². The van der Waals surface area contributed by atoms with E-state index in [1.165, 1.54) is 4.31 Å². The first-order valence-corrected chi connectivity index (χ1v) is 11.7. The third-order valence-corrected chi connectivity index (χ3v) is 7.58. The Hall–Kier alpha value is -2.44. The van der Waals surface area contributed by atoms with Crippen molar-refractivity contribution in [2.45, 2.75) is 30.9 Å². The van der Waals surface area contributed by atoms with Gasteiger partial charge in [-0.1, -0.05) is 25.1 Å². The number of fused-ring (bicyclic) bond motifs is 1. The van der Waals surface area contributed by atoms with Crippen LogP contribution >= 0.6 is 0 Å². The number of nitrogens with zero attached hydrogens (tertiary/aromatic N) is 3. The molecule has 1 N–H and O–H groups in total. The standard InChI is InChI=1S/C23H29N3O4S/c1-16-13-26(17(2)15-27)31(28,29)23-10-9-20(19-7-5-18(12-24)6-8-19)11-21(23)30-22(16)14-25(3)4/h5-11,16-17,22,27H,13-15H2,1-4H3/t16-,17+,22+/m1/s1. The zero-order valence-electron chi connectivity index (χ0n) is 18.3. The normalized spacial score (nSPS) is 22.0. The molecule has 1 aliphatic rings. The van der Waals surface area contributed by atoms with Gasteiger partial charge in [-0.05, 0) is 56.4 Å². The van der Waals surface area contributed by atoms with Crippen molar-refractivity contribution in [2.24, 2.45) is 5.92 Å². The van der Waals surface area contributed by atoms with Gasteiger partial charge in [0.1, 0.15) is 16.7 Å². The van der Waals surface area contributed by atoms with Crippen LogP contribution in [0.3, 0.4) is 0 Å². The molecule has 0 saturated carbocycles. The fourth-order valence-electron chi connectivity index (χ4n) is 3.72. The molecule has 8 heteroatoms. The van der Waals surface area contributed by atoms with Gasteiger partial charge in [0.15, 0.2) is 0 Å². The predicted octanol–water partition coefficient (Wildman–Crippen LogP) is 2.56. The van der Waals surface area contributed by atoms with Gasteiger partial charge >= 0.3 is 0 Å². The van der Waals surface area contributed by atoms with E-state index >= 15 is 0 Å². The van der Waals surface area contributed by atoms with Crippen molar-refractivity contribution < 1.29 is 18.3 Å². The van der Waals surface area contributed by atoms with E-state index in [-0.39, 0.29) is 30.1 Å². The van der Waals surface area contributed by atoms with E-state index in [1.807, 2.05) is 38.1 Å². The van der Waals surface area contributed by atoms with E-state index in [0.717, 1.165) is 11.1 Å².